The number of anilines is 2. The topological polar surface area (TPSA) is 55.1 Å². The third-order valence-corrected chi connectivity index (χ3v) is 3.17. The van der Waals surface area contributed by atoms with Crippen molar-refractivity contribution in [3.05, 3.63) is 58.1 Å². The summed E-state index contributed by atoms with van der Waals surface area (Å²) in [5.74, 6) is -3.33. The summed E-state index contributed by atoms with van der Waals surface area (Å²) in [6, 6.07) is 3.39. The second-order valence-electron chi connectivity index (χ2n) is 4.50. The highest BCUT2D eigenvalue weighted by Crippen LogP contribution is 2.33. The zero-order valence-corrected chi connectivity index (χ0v) is 11.9. The Balaban J connectivity index is 2.36. The van der Waals surface area contributed by atoms with E-state index in [0.717, 1.165) is 12.1 Å². The van der Waals surface area contributed by atoms with Crippen molar-refractivity contribution in [1.82, 2.24) is 0 Å². The van der Waals surface area contributed by atoms with Crippen molar-refractivity contribution in [1.29, 1.82) is 0 Å². The van der Waals surface area contributed by atoms with Crippen LogP contribution >= 0.6 is 11.6 Å². The molecule has 3 N–H and O–H groups in total. The summed E-state index contributed by atoms with van der Waals surface area (Å²) >= 11 is 5.36. The van der Waals surface area contributed by atoms with Gasteiger partial charge in [0.25, 0.3) is 5.91 Å². The summed E-state index contributed by atoms with van der Waals surface area (Å²) < 4.78 is 64.9. The number of hydrogen-bond acceptors (Lipinski definition) is 2. The monoisotopic (exact) mass is 350 g/mol. The van der Waals surface area contributed by atoms with E-state index in [9.17, 15) is 26.7 Å². The number of hydrogen-bond donors (Lipinski definition) is 2. The van der Waals surface area contributed by atoms with Crippen LogP contribution in [0.4, 0.5) is 33.3 Å². The van der Waals surface area contributed by atoms with Crippen molar-refractivity contribution >= 4 is 28.9 Å². The average molecular weight is 351 g/mol. The molecule has 0 atom stereocenters. The molecule has 23 heavy (non-hydrogen) atoms. The van der Waals surface area contributed by atoms with Gasteiger partial charge in [-0.05, 0) is 30.3 Å². The zero-order chi connectivity index (χ0) is 17.4. The molecule has 0 aliphatic rings. The molecule has 0 saturated heterocycles. The molecule has 0 aliphatic carbocycles. The molecule has 0 heterocycles. The van der Waals surface area contributed by atoms with Crippen LogP contribution in [0.25, 0.3) is 0 Å². The molecule has 0 aromatic heterocycles. The fourth-order valence-electron chi connectivity index (χ4n) is 1.73. The van der Waals surface area contributed by atoms with Gasteiger partial charge in [0.05, 0.1) is 27.5 Å². The number of nitrogen functional groups attached to an aromatic ring is 1. The van der Waals surface area contributed by atoms with E-state index < -0.39 is 39.9 Å². The van der Waals surface area contributed by atoms with E-state index in [1.165, 1.54) is 0 Å². The SMILES string of the molecule is Nc1ccc(C(F)(F)F)cc1NC(=O)c1cc(F)c(Cl)cc1F. The fraction of sp³-hybridized carbons (Fsp3) is 0.0714. The minimum atomic E-state index is -4.65. The van der Waals surface area contributed by atoms with Crippen LogP contribution in [0.5, 0.6) is 0 Å². The first-order valence-electron chi connectivity index (χ1n) is 6.02. The van der Waals surface area contributed by atoms with E-state index in [1.807, 2.05) is 5.32 Å². The fourth-order valence-corrected chi connectivity index (χ4v) is 1.88. The summed E-state index contributed by atoms with van der Waals surface area (Å²) in [5.41, 5.74) is 3.17. The lowest BCUT2D eigenvalue weighted by Crippen LogP contribution is -2.16. The average Bonchev–Trinajstić information content (AvgIpc) is 2.43. The number of rotatable bonds is 2. The van der Waals surface area contributed by atoms with Crippen molar-refractivity contribution in [2.75, 3.05) is 11.1 Å². The number of carbonyl (C=O) groups excluding carboxylic acids is 1. The molecule has 9 heteroatoms. The quantitative estimate of drug-likeness (QED) is 0.477. The first kappa shape index (κ1) is 17.0. The van der Waals surface area contributed by atoms with E-state index in [0.29, 0.717) is 18.2 Å². The lowest BCUT2D eigenvalue weighted by molar-refractivity contribution is -0.137. The van der Waals surface area contributed by atoms with Gasteiger partial charge in [0.1, 0.15) is 11.6 Å². The van der Waals surface area contributed by atoms with E-state index >= 15 is 0 Å². The number of carbonyl (C=O) groups is 1. The normalized spacial score (nSPS) is 11.4. The second kappa shape index (κ2) is 6.04. The van der Waals surface area contributed by atoms with Crippen LogP contribution in [-0.4, -0.2) is 5.91 Å². The molecular weight excluding hydrogens is 343 g/mol. The van der Waals surface area contributed by atoms with E-state index in [1.54, 1.807) is 0 Å². The maximum atomic E-state index is 13.6. The second-order valence-corrected chi connectivity index (χ2v) is 4.91. The van der Waals surface area contributed by atoms with Crippen LogP contribution in [0.3, 0.4) is 0 Å². The van der Waals surface area contributed by atoms with Gasteiger partial charge in [-0.2, -0.15) is 13.2 Å². The van der Waals surface area contributed by atoms with E-state index in [-0.39, 0.29) is 11.4 Å². The number of alkyl halides is 3. The highest BCUT2D eigenvalue weighted by atomic mass is 35.5. The molecule has 1 amide bonds. The van der Waals surface area contributed by atoms with Crippen LogP contribution in [0.2, 0.25) is 5.02 Å². The van der Waals surface area contributed by atoms with Gasteiger partial charge < -0.3 is 11.1 Å². The van der Waals surface area contributed by atoms with Gasteiger partial charge in [-0.15, -0.1) is 0 Å². The van der Waals surface area contributed by atoms with Gasteiger partial charge in [0, 0.05) is 0 Å². The first-order chi connectivity index (χ1) is 10.6. The Bertz CT molecular complexity index is 776. The molecule has 0 aliphatic heterocycles. The smallest absolute Gasteiger partial charge is 0.397 e. The number of benzene rings is 2. The molecular formula is C14H8ClF5N2O. The van der Waals surface area contributed by atoms with Crippen molar-refractivity contribution < 1.29 is 26.7 Å². The maximum absolute atomic E-state index is 13.6. The Labute approximate surface area is 131 Å². The summed E-state index contributed by atoms with van der Waals surface area (Å²) in [6.45, 7) is 0. The molecule has 122 valence electrons. The highest BCUT2D eigenvalue weighted by molar-refractivity contribution is 6.30. The minimum Gasteiger partial charge on any atom is -0.397 e. The third kappa shape index (κ3) is 3.70. The minimum absolute atomic E-state index is 0.166. The Hall–Kier alpha value is -2.35. The van der Waals surface area contributed by atoms with Crippen molar-refractivity contribution in [3.63, 3.8) is 0 Å². The van der Waals surface area contributed by atoms with Gasteiger partial charge in [-0.25, -0.2) is 8.78 Å². The molecule has 0 spiro atoms. The predicted octanol–water partition coefficient (Wildman–Crippen LogP) is 4.47. The summed E-state index contributed by atoms with van der Waals surface area (Å²) in [5, 5.41) is 1.48. The van der Waals surface area contributed by atoms with Crippen LogP contribution in [0, 0.1) is 11.6 Å². The van der Waals surface area contributed by atoms with E-state index in [4.69, 9.17) is 17.3 Å². The van der Waals surface area contributed by atoms with Gasteiger partial charge in [-0.1, -0.05) is 11.6 Å². The van der Waals surface area contributed by atoms with E-state index in [2.05, 4.69) is 0 Å². The first-order valence-corrected chi connectivity index (χ1v) is 6.40. The van der Waals surface area contributed by atoms with Gasteiger partial charge in [0.15, 0.2) is 0 Å². The molecule has 0 saturated carbocycles. The summed E-state index contributed by atoms with van der Waals surface area (Å²) in [6.07, 6.45) is -4.65. The molecule has 3 nitrogen and oxygen atoms in total. The lowest BCUT2D eigenvalue weighted by atomic mass is 10.1. The van der Waals surface area contributed by atoms with Crippen molar-refractivity contribution in [3.8, 4) is 0 Å². The molecule has 2 aromatic carbocycles. The number of halogens is 6. The number of nitrogens with two attached hydrogens (primary N) is 1. The molecule has 0 fully saturated rings. The van der Waals surface area contributed by atoms with Gasteiger partial charge >= 0.3 is 6.18 Å². The summed E-state index contributed by atoms with van der Waals surface area (Å²) in [7, 11) is 0. The molecule has 0 unspecified atom stereocenters. The van der Waals surface area contributed by atoms with Gasteiger partial charge in [-0.3, -0.25) is 4.79 Å². The highest BCUT2D eigenvalue weighted by Gasteiger charge is 2.31. The summed E-state index contributed by atoms with van der Waals surface area (Å²) in [4.78, 5) is 11.9. The van der Waals surface area contributed by atoms with Crippen LogP contribution in [-0.2, 0) is 6.18 Å². The number of amides is 1. The Morgan fingerprint density at radius 1 is 1.09 bits per heavy atom. The Morgan fingerprint density at radius 3 is 2.35 bits per heavy atom. The third-order valence-electron chi connectivity index (χ3n) is 2.88. The molecule has 0 bridgehead atoms. The largest absolute Gasteiger partial charge is 0.416 e. The Kier molecular flexibility index (Phi) is 4.46. The molecule has 0 radical (unpaired) electrons. The van der Waals surface area contributed by atoms with Crippen LogP contribution < -0.4 is 11.1 Å². The van der Waals surface area contributed by atoms with Crippen LogP contribution in [0.1, 0.15) is 15.9 Å². The standard InChI is InChI=1S/C14H8ClF5N2O/c15-8-5-9(16)7(4-10(8)17)13(23)22-12-3-6(14(18,19)20)1-2-11(12)21/h1-5H,21H2,(H,22,23). The Morgan fingerprint density at radius 2 is 1.74 bits per heavy atom. The molecule has 2 rings (SSSR count). The maximum Gasteiger partial charge on any atom is 0.416 e. The van der Waals surface area contributed by atoms with Gasteiger partial charge in [0.2, 0.25) is 0 Å². The lowest BCUT2D eigenvalue weighted by Gasteiger charge is -2.12. The van der Waals surface area contributed by atoms with Crippen molar-refractivity contribution in [2.45, 2.75) is 6.18 Å². The van der Waals surface area contributed by atoms with Crippen molar-refractivity contribution in [2.24, 2.45) is 0 Å². The zero-order valence-electron chi connectivity index (χ0n) is 11.1. The molecule has 2 aromatic rings. The van der Waals surface area contributed by atoms with Crippen LogP contribution in [0.15, 0.2) is 30.3 Å². The predicted molar refractivity (Wildman–Crippen MR) is 75.2 cm³/mol. The number of nitrogens with one attached hydrogen (secondary N) is 1.